The molecule has 8 heteroatoms. The van der Waals surface area contributed by atoms with Gasteiger partial charge in [-0.3, -0.25) is 19.3 Å². The number of benzene rings is 1. The van der Waals surface area contributed by atoms with Crippen LogP contribution in [0.3, 0.4) is 0 Å². The number of hydrogen-bond acceptors (Lipinski definition) is 3. The maximum atomic E-state index is 12.4. The molecule has 1 N–H and O–H groups in total. The van der Waals surface area contributed by atoms with E-state index in [-0.39, 0.29) is 50.1 Å². The monoisotopic (exact) mass is 328 g/mol. The second-order valence-corrected chi connectivity index (χ2v) is 5.16. The van der Waals surface area contributed by atoms with Crippen molar-refractivity contribution in [3.05, 3.63) is 35.4 Å². The molecule has 1 saturated heterocycles. The van der Waals surface area contributed by atoms with Crippen molar-refractivity contribution in [3.63, 3.8) is 0 Å². The molecule has 1 aromatic carbocycles. The Balaban J connectivity index is 1.78. The zero-order valence-electron chi connectivity index (χ0n) is 12.2. The Bertz CT molecular complexity index is 595. The van der Waals surface area contributed by atoms with Gasteiger partial charge in [0.1, 0.15) is 0 Å². The summed E-state index contributed by atoms with van der Waals surface area (Å²) >= 11 is 0. The summed E-state index contributed by atoms with van der Waals surface area (Å²) < 4.78 is 37.2. The lowest BCUT2D eigenvalue weighted by Gasteiger charge is -2.13. The normalized spacial score (nSPS) is 15.2. The van der Waals surface area contributed by atoms with Crippen LogP contribution in [0.25, 0.3) is 0 Å². The summed E-state index contributed by atoms with van der Waals surface area (Å²) in [5, 5.41) is 2.54. The third-order valence-corrected chi connectivity index (χ3v) is 3.49. The molecule has 2 rings (SSSR count). The van der Waals surface area contributed by atoms with Gasteiger partial charge in [0.05, 0.1) is 5.56 Å². The van der Waals surface area contributed by atoms with Crippen LogP contribution in [0.2, 0.25) is 0 Å². The zero-order valence-corrected chi connectivity index (χ0v) is 12.2. The van der Waals surface area contributed by atoms with Gasteiger partial charge in [0, 0.05) is 32.4 Å². The molecule has 1 aromatic rings. The highest BCUT2D eigenvalue weighted by Crippen LogP contribution is 2.29. The third-order valence-electron chi connectivity index (χ3n) is 3.49. The predicted molar refractivity (Wildman–Crippen MR) is 73.9 cm³/mol. The van der Waals surface area contributed by atoms with Gasteiger partial charge in [-0.2, -0.15) is 13.2 Å². The Kier molecular flexibility index (Phi) is 5.02. The Labute approximate surface area is 130 Å². The highest BCUT2D eigenvalue weighted by atomic mass is 19.4. The number of alkyl halides is 3. The number of rotatable bonds is 5. The van der Waals surface area contributed by atoms with E-state index in [4.69, 9.17) is 0 Å². The maximum absolute atomic E-state index is 12.4. The molecule has 124 valence electrons. The summed E-state index contributed by atoms with van der Waals surface area (Å²) in [4.78, 5) is 35.5. The van der Waals surface area contributed by atoms with Gasteiger partial charge < -0.3 is 5.32 Å². The molecule has 0 bridgehead atoms. The standard InChI is InChI=1S/C15H15F3N2O3/c16-15(17,18)11-3-1-10(2-4-11)9-19-12(21)7-8-20-13(22)5-6-14(20)23/h1-4H,5-9H2,(H,19,21). The van der Waals surface area contributed by atoms with E-state index in [1.807, 2.05) is 0 Å². The number of nitrogens with one attached hydrogen (secondary N) is 1. The van der Waals surface area contributed by atoms with Crippen molar-refractivity contribution >= 4 is 17.7 Å². The fourth-order valence-electron chi connectivity index (χ4n) is 2.19. The first kappa shape index (κ1) is 17.0. The van der Waals surface area contributed by atoms with Crippen molar-refractivity contribution in [2.75, 3.05) is 6.54 Å². The van der Waals surface area contributed by atoms with E-state index in [2.05, 4.69) is 5.32 Å². The highest BCUT2D eigenvalue weighted by molar-refractivity contribution is 6.02. The Morgan fingerprint density at radius 2 is 1.65 bits per heavy atom. The van der Waals surface area contributed by atoms with Crippen LogP contribution >= 0.6 is 0 Å². The molecule has 0 aromatic heterocycles. The molecule has 1 aliphatic heterocycles. The average Bonchev–Trinajstić information content (AvgIpc) is 2.81. The van der Waals surface area contributed by atoms with Gasteiger partial charge in [0.15, 0.2) is 0 Å². The number of carbonyl (C=O) groups excluding carboxylic acids is 3. The summed E-state index contributed by atoms with van der Waals surface area (Å²) in [6, 6.07) is 4.47. The van der Waals surface area contributed by atoms with Crippen LogP contribution in [-0.4, -0.2) is 29.2 Å². The van der Waals surface area contributed by atoms with Crippen LogP contribution in [0, 0.1) is 0 Å². The van der Waals surface area contributed by atoms with Crippen LogP contribution < -0.4 is 5.32 Å². The Hall–Kier alpha value is -2.38. The van der Waals surface area contributed by atoms with E-state index in [9.17, 15) is 27.6 Å². The molecule has 0 spiro atoms. The predicted octanol–water partition coefficient (Wildman–Crippen LogP) is 1.86. The van der Waals surface area contributed by atoms with Crippen molar-refractivity contribution in [3.8, 4) is 0 Å². The summed E-state index contributed by atoms with van der Waals surface area (Å²) in [5.74, 6) is -0.950. The van der Waals surface area contributed by atoms with Gasteiger partial charge in [0.25, 0.3) is 0 Å². The van der Waals surface area contributed by atoms with Gasteiger partial charge in [-0.05, 0) is 17.7 Å². The minimum absolute atomic E-state index is 0.0243. The molecule has 0 unspecified atom stereocenters. The van der Waals surface area contributed by atoms with Crippen LogP contribution in [0.5, 0.6) is 0 Å². The summed E-state index contributed by atoms with van der Waals surface area (Å²) in [6.07, 6.45) is -4.08. The van der Waals surface area contributed by atoms with Crippen molar-refractivity contribution in [2.24, 2.45) is 0 Å². The summed E-state index contributed by atoms with van der Waals surface area (Å²) in [5.41, 5.74) is -0.224. The first-order valence-corrected chi connectivity index (χ1v) is 7.03. The topological polar surface area (TPSA) is 66.5 Å². The van der Waals surface area contributed by atoms with Crippen LogP contribution in [-0.2, 0) is 27.1 Å². The number of amides is 3. The molecule has 23 heavy (non-hydrogen) atoms. The molecule has 1 aliphatic rings. The number of halogens is 3. The second kappa shape index (κ2) is 6.80. The lowest BCUT2D eigenvalue weighted by Crippen LogP contribution is -2.34. The average molecular weight is 328 g/mol. The molecular weight excluding hydrogens is 313 g/mol. The Morgan fingerprint density at radius 3 is 2.17 bits per heavy atom. The molecule has 0 aliphatic carbocycles. The van der Waals surface area contributed by atoms with Crippen molar-refractivity contribution in [2.45, 2.75) is 32.0 Å². The van der Waals surface area contributed by atoms with E-state index in [1.54, 1.807) is 0 Å². The van der Waals surface area contributed by atoms with Crippen molar-refractivity contribution in [1.82, 2.24) is 10.2 Å². The van der Waals surface area contributed by atoms with E-state index < -0.39 is 11.7 Å². The molecule has 0 radical (unpaired) electrons. The lowest BCUT2D eigenvalue weighted by atomic mass is 10.1. The summed E-state index contributed by atoms with van der Waals surface area (Å²) in [6.45, 7) is 0.107. The van der Waals surface area contributed by atoms with Crippen molar-refractivity contribution in [1.29, 1.82) is 0 Å². The SMILES string of the molecule is O=C(CCN1C(=O)CCC1=O)NCc1ccc(C(F)(F)F)cc1. The quantitative estimate of drug-likeness (QED) is 0.839. The van der Waals surface area contributed by atoms with Crippen LogP contribution in [0.4, 0.5) is 13.2 Å². The Morgan fingerprint density at radius 1 is 1.09 bits per heavy atom. The fourth-order valence-corrected chi connectivity index (χ4v) is 2.19. The minimum atomic E-state index is -4.39. The number of carbonyl (C=O) groups is 3. The van der Waals surface area contributed by atoms with Gasteiger partial charge in [-0.15, -0.1) is 0 Å². The number of hydrogen-bond donors (Lipinski definition) is 1. The first-order chi connectivity index (χ1) is 10.8. The number of imide groups is 1. The largest absolute Gasteiger partial charge is 0.416 e. The zero-order chi connectivity index (χ0) is 17.0. The fraction of sp³-hybridized carbons (Fsp3) is 0.400. The first-order valence-electron chi connectivity index (χ1n) is 7.03. The van der Waals surface area contributed by atoms with E-state index >= 15 is 0 Å². The maximum Gasteiger partial charge on any atom is 0.416 e. The number of nitrogens with zero attached hydrogens (tertiary/aromatic N) is 1. The minimum Gasteiger partial charge on any atom is -0.352 e. The smallest absolute Gasteiger partial charge is 0.352 e. The van der Waals surface area contributed by atoms with Gasteiger partial charge in [-0.25, -0.2) is 0 Å². The van der Waals surface area contributed by atoms with E-state index in [1.165, 1.54) is 12.1 Å². The molecule has 0 saturated carbocycles. The van der Waals surface area contributed by atoms with Gasteiger partial charge >= 0.3 is 6.18 Å². The molecule has 5 nitrogen and oxygen atoms in total. The van der Waals surface area contributed by atoms with Crippen LogP contribution in [0.1, 0.15) is 30.4 Å². The summed E-state index contributed by atoms with van der Waals surface area (Å²) in [7, 11) is 0. The molecule has 1 heterocycles. The molecule has 1 fully saturated rings. The van der Waals surface area contributed by atoms with E-state index in [0.29, 0.717) is 5.56 Å². The van der Waals surface area contributed by atoms with Gasteiger partial charge in [-0.1, -0.05) is 12.1 Å². The molecular formula is C15H15F3N2O3. The van der Waals surface area contributed by atoms with Crippen LogP contribution in [0.15, 0.2) is 24.3 Å². The van der Waals surface area contributed by atoms with Crippen molar-refractivity contribution < 1.29 is 27.6 Å². The lowest BCUT2D eigenvalue weighted by molar-refractivity contribution is -0.139. The van der Waals surface area contributed by atoms with Gasteiger partial charge in [0.2, 0.25) is 17.7 Å². The van der Waals surface area contributed by atoms with E-state index in [0.717, 1.165) is 17.0 Å². The third kappa shape index (κ3) is 4.54. The molecule has 0 atom stereocenters. The second-order valence-electron chi connectivity index (χ2n) is 5.16. The molecule has 3 amide bonds. The highest BCUT2D eigenvalue weighted by Gasteiger charge is 2.30. The number of likely N-dealkylation sites (tertiary alicyclic amines) is 1.